The molecule has 0 aliphatic heterocycles. The Morgan fingerprint density at radius 1 is 1.29 bits per heavy atom. The Bertz CT molecular complexity index is 661. The summed E-state index contributed by atoms with van der Waals surface area (Å²) in [6, 6.07) is 3.12. The van der Waals surface area contributed by atoms with Crippen molar-refractivity contribution in [3.63, 3.8) is 0 Å². The lowest BCUT2D eigenvalue weighted by atomic mass is 9.76. The van der Waals surface area contributed by atoms with Crippen molar-refractivity contribution < 1.29 is 9.55 Å². The SMILES string of the molecule is CC1(CNc2ccc([N+](=O)[O-])c3nonc23)CCCCC1. The summed E-state index contributed by atoms with van der Waals surface area (Å²) in [4.78, 5) is 10.5. The Hall–Kier alpha value is -2.18. The Morgan fingerprint density at radius 2 is 2.00 bits per heavy atom. The smallest absolute Gasteiger partial charge is 0.300 e. The second-order valence-electron chi connectivity index (χ2n) is 6.08. The van der Waals surface area contributed by atoms with Gasteiger partial charge >= 0.3 is 5.69 Å². The molecule has 0 saturated heterocycles. The molecule has 1 fully saturated rings. The fourth-order valence-electron chi connectivity index (χ4n) is 3.03. The van der Waals surface area contributed by atoms with Crippen LogP contribution < -0.4 is 5.32 Å². The first-order valence-corrected chi connectivity index (χ1v) is 7.23. The van der Waals surface area contributed by atoms with Crippen molar-refractivity contribution in [2.75, 3.05) is 11.9 Å². The molecule has 1 heterocycles. The summed E-state index contributed by atoms with van der Waals surface area (Å²) in [5.41, 5.74) is 1.54. The zero-order valence-electron chi connectivity index (χ0n) is 12.0. The van der Waals surface area contributed by atoms with Gasteiger partial charge in [-0.05, 0) is 34.6 Å². The van der Waals surface area contributed by atoms with Crippen LogP contribution in [0.4, 0.5) is 11.4 Å². The average molecular weight is 290 g/mol. The van der Waals surface area contributed by atoms with Crippen LogP contribution in [0.1, 0.15) is 39.0 Å². The number of hydrogen-bond acceptors (Lipinski definition) is 6. The second-order valence-corrected chi connectivity index (χ2v) is 6.08. The molecule has 0 unspecified atom stereocenters. The number of rotatable bonds is 4. The van der Waals surface area contributed by atoms with Crippen LogP contribution >= 0.6 is 0 Å². The van der Waals surface area contributed by atoms with Crippen molar-refractivity contribution in [3.8, 4) is 0 Å². The number of hydrogen-bond donors (Lipinski definition) is 1. The van der Waals surface area contributed by atoms with Crippen LogP contribution in [0.25, 0.3) is 11.0 Å². The number of nitrogens with one attached hydrogen (secondary N) is 1. The van der Waals surface area contributed by atoms with Gasteiger partial charge in [-0.3, -0.25) is 10.1 Å². The normalized spacial score (nSPS) is 17.8. The fourth-order valence-corrected chi connectivity index (χ4v) is 3.03. The molecule has 0 atom stereocenters. The molecule has 1 aliphatic rings. The van der Waals surface area contributed by atoms with E-state index in [1.807, 2.05) is 0 Å². The zero-order chi connectivity index (χ0) is 14.9. The summed E-state index contributed by atoms with van der Waals surface area (Å²) in [6.45, 7) is 3.11. The molecule has 7 heteroatoms. The van der Waals surface area contributed by atoms with Gasteiger partial charge in [-0.1, -0.05) is 26.2 Å². The lowest BCUT2D eigenvalue weighted by molar-refractivity contribution is -0.383. The number of nitrogens with zero attached hydrogens (tertiary/aromatic N) is 3. The largest absolute Gasteiger partial charge is 0.383 e. The fraction of sp³-hybridized carbons (Fsp3) is 0.571. The summed E-state index contributed by atoms with van der Waals surface area (Å²) in [6.07, 6.45) is 6.24. The minimum absolute atomic E-state index is 0.0827. The van der Waals surface area contributed by atoms with E-state index in [1.54, 1.807) is 6.07 Å². The minimum Gasteiger partial charge on any atom is -0.383 e. The number of anilines is 1. The van der Waals surface area contributed by atoms with Gasteiger partial charge in [-0.25, -0.2) is 4.63 Å². The zero-order valence-corrected chi connectivity index (χ0v) is 12.0. The molecule has 0 spiro atoms. The van der Waals surface area contributed by atoms with Crippen LogP contribution in [0.15, 0.2) is 16.8 Å². The number of non-ortho nitro benzene ring substituents is 1. The molecule has 0 radical (unpaired) electrons. The summed E-state index contributed by atoms with van der Waals surface area (Å²) in [5.74, 6) is 0. The van der Waals surface area contributed by atoms with Crippen LogP contribution in [-0.4, -0.2) is 21.8 Å². The topological polar surface area (TPSA) is 94.1 Å². The van der Waals surface area contributed by atoms with Crippen LogP contribution in [-0.2, 0) is 0 Å². The van der Waals surface area contributed by atoms with Crippen LogP contribution in [0, 0.1) is 15.5 Å². The van der Waals surface area contributed by atoms with Crippen LogP contribution in [0.5, 0.6) is 0 Å². The summed E-state index contributed by atoms with van der Waals surface area (Å²) in [5, 5.41) is 21.8. The summed E-state index contributed by atoms with van der Waals surface area (Å²) < 4.78 is 4.67. The maximum absolute atomic E-state index is 11.0. The molecule has 2 aromatic rings. The molecular weight excluding hydrogens is 272 g/mol. The molecule has 1 saturated carbocycles. The van der Waals surface area contributed by atoms with Crippen molar-refractivity contribution in [1.29, 1.82) is 0 Å². The van der Waals surface area contributed by atoms with Gasteiger partial charge in [0.1, 0.15) is 0 Å². The van der Waals surface area contributed by atoms with E-state index in [9.17, 15) is 10.1 Å². The van der Waals surface area contributed by atoms with Gasteiger partial charge in [0.2, 0.25) is 5.52 Å². The van der Waals surface area contributed by atoms with Gasteiger partial charge in [0.25, 0.3) is 0 Å². The highest BCUT2D eigenvalue weighted by molar-refractivity contribution is 5.93. The van der Waals surface area contributed by atoms with E-state index >= 15 is 0 Å². The lowest BCUT2D eigenvalue weighted by Crippen LogP contribution is -2.28. The predicted octanol–water partition coefficient (Wildman–Crippen LogP) is 3.51. The van der Waals surface area contributed by atoms with Crippen LogP contribution in [0.3, 0.4) is 0 Å². The third-order valence-corrected chi connectivity index (χ3v) is 4.36. The van der Waals surface area contributed by atoms with E-state index in [2.05, 4.69) is 27.2 Å². The molecule has 21 heavy (non-hydrogen) atoms. The van der Waals surface area contributed by atoms with Gasteiger partial charge < -0.3 is 5.32 Å². The standard InChI is InChI=1S/C14H18N4O3/c1-14(7-3-2-4-8-14)9-15-10-5-6-11(18(19)20)13-12(10)16-21-17-13/h5-6,15H,2-4,7-9H2,1H3. The highest BCUT2D eigenvalue weighted by Gasteiger charge is 2.27. The van der Waals surface area contributed by atoms with Gasteiger partial charge in [-0.2, -0.15) is 0 Å². The van der Waals surface area contributed by atoms with E-state index in [0.29, 0.717) is 5.52 Å². The van der Waals surface area contributed by atoms with Crippen molar-refractivity contribution >= 4 is 22.4 Å². The quantitative estimate of drug-likeness (QED) is 0.684. The number of fused-ring (bicyclic) bond motifs is 1. The molecule has 3 rings (SSSR count). The first-order valence-electron chi connectivity index (χ1n) is 7.23. The highest BCUT2D eigenvalue weighted by Crippen LogP contribution is 2.36. The molecule has 1 aromatic heterocycles. The monoisotopic (exact) mass is 290 g/mol. The first-order chi connectivity index (χ1) is 10.1. The molecule has 112 valence electrons. The number of nitro benzene ring substituents is 1. The third kappa shape index (κ3) is 2.68. The number of aromatic nitrogens is 2. The molecule has 0 bridgehead atoms. The molecule has 0 amide bonds. The minimum atomic E-state index is -0.473. The van der Waals surface area contributed by atoms with Gasteiger partial charge in [-0.15, -0.1) is 0 Å². The van der Waals surface area contributed by atoms with Gasteiger partial charge in [0.05, 0.1) is 10.6 Å². The van der Waals surface area contributed by atoms with Gasteiger partial charge in [0.15, 0.2) is 5.52 Å². The van der Waals surface area contributed by atoms with Crippen molar-refractivity contribution in [3.05, 3.63) is 22.2 Å². The van der Waals surface area contributed by atoms with E-state index in [0.717, 1.165) is 12.2 Å². The highest BCUT2D eigenvalue weighted by atomic mass is 16.6. The maximum atomic E-state index is 11.0. The molecular formula is C14H18N4O3. The van der Waals surface area contributed by atoms with Gasteiger partial charge in [0, 0.05) is 12.6 Å². The van der Waals surface area contributed by atoms with E-state index in [-0.39, 0.29) is 16.6 Å². The second kappa shape index (κ2) is 5.31. The summed E-state index contributed by atoms with van der Waals surface area (Å²) >= 11 is 0. The van der Waals surface area contributed by atoms with E-state index < -0.39 is 4.92 Å². The van der Waals surface area contributed by atoms with E-state index in [4.69, 9.17) is 0 Å². The number of benzene rings is 1. The molecule has 7 nitrogen and oxygen atoms in total. The first kappa shape index (κ1) is 13.8. The molecule has 1 aromatic carbocycles. The summed E-state index contributed by atoms with van der Waals surface area (Å²) in [7, 11) is 0. The lowest BCUT2D eigenvalue weighted by Gasteiger charge is -2.34. The molecule has 1 N–H and O–H groups in total. The Labute approximate surface area is 121 Å². The Balaban J connectivity index is 1.83. The van der Waals surface area contributed by atoms with Crippen LogP contribution in [0.2, 0.25) is 0 Å². The van der Waals surface area contributed by atoms with Crippen molar-refractivity contribution in [2.45, 2.75) is 39.0 Å². The van der Waals surface area contributed by atoms with Crippen molar-refractivity contribution in [2.24, 2.45) is 5.41 Å². The Morgan fingerprint density at radius 3 is 2.71 bits per heavy atom. The number of nitro groups is 1. The molecule has 1 aliphatic carbocycles. The Kier molecular flexibility index (Phi) is 3.48. The predicted molar refractivity (Wildman–Crippen MR) is 78.1 cm³/mol. The van der Waals surface area contributed by atoms with E-state index in [1.165, 1.54) is 38.2 Å². The third-order valence-electron chi connectivity index (χ3n) is 4.36. The van der Waals surface area contributed by atoms with Crippen molar-refractivity contribution in [1.82, 2.24) is 10.3 Å². The average Bonchev–Trinajstić information content (AvgIpc) is 2.94. The maximum Gasteiger partial charge on any atom is 0.300 e.